The number of ether oxygens (including phenoxy) is 1. The van der Waals surface area contributed by atoms with Crippen molar-refractivity contribution in [2.75, 3.05) is 0 Å². The summed E-state index contributed by atoms with van der Waals surface area (Å²) in [5.74, 6) is -0.462. The molecule has 0 saturated carbocycles. The number of esters is 1. The highest BCUT2D eigenvalue weighted by atomic mass is 16.5. The smallest absolute Gasteiger partial charge is 0.331 e. The minimum atomic E-state index is -0.794. The highest BCUT2D eigenvalue weighted by molar-refractivity contribution is 5.82. The molecule has 1 rings (SSSR count). The number of aliphatic hydroxyl groups excluding tert-OH is 4. The number of cyclic esters (lactones) is 1. The fourth-order valence-corrected chi connectivity index (χ4v) is 2.65. The largest absolute Gasteiger partial charge is 0.460 e. The molecule has 4 N–H and O–H groups in total. The van der Waals surface area contributed by atoms with E-state index in [1.54, 1.807) is 73.8 Å². The van der Waals surface area contributed by atoms with Crippen LogP contribution in [0.2, 0.25) is 0 Å². The van der Waals surface area contributed by atoms with Crippen molar-refractivity contribution in [2.45, 2.75) is 69.5 Å². The highest BCUT2D eigenvalue weighted by Gasteiger charge is 2.09. The van der Waals surface area contributed by atoms with Crippen molar-refractivity contribution in [3.8, 4) is 0 Å². The summed E-state index contributed by atoms with van der Waals surface area (Å²) in [5.41, 5.74) is 0. The number of allylic oxidation sites excluding steroid dienone is 6. The summed E-state index contributed by atoms with van der Waals surface area (Å²) in [5, 5.41) is 39.7. The Morgan fingerprint density at radius 3 is 2.13 bits per heavy atom. The molecule has 0 aromatic heterocycles. The summed E-state index contributed by atoms with van der Waals surface area (Å²) >= 11 is 0. The summed E-state index contributed by atoms with van der Waals surface area (Å²) in [6.07, 6.45) is 18.3. The van der Waals surface area contributed by atoms with E-state index in [0.29, 0.717) is 25.7 Å². The maximum Gasteiger partial charge on any atom is 0.331 e. The third-order valence-electron chi connectivity index (χ3n) is 4.32. The fourth-order valence-electron chi connectivity index (χ4n) is 2.65. The molecule has 0 aromatic rings. The van der Waals surface area contributed by atoms with Gasteiger partial charge in [-0.1, -0.05) is 66.8 Å². The summed E-state index contributed by atoms with van der Waals surface area (Å²) < 4.78 is 5.25. The zero-order valence-corrected chi connectivity index (χ0v) is 17.5. The van der Waals surface area contributed by atoms with Crippen molar-refractivity contribution in [1.29, 1.82) is 0 Å². The summed E-state index contributed by atoms with van der Waals surface area (Å²) in [4.78, 5) is 11.8. The molecule has 0 radical (unpaired) electrons. The van der Waals surface area contributed by atoms with Crippen molar-refractivity contribution >= 4 is 5.97 Å². The molecule has 5 atom stereocenters. The first kappa shape index (κ1) is 25.8. The number of carbonyl (C=O) groups excluding carboxylic acids is 1. The molecule has 1 aliphatic rings. The van der Waals surface area contributed by atoms with E-state index >= 15 is 0 Å². The van der Waals surface area contributed by atoms with E-state index in [-0.39, 0.29) is 12.5 Å². The molecule has 0 saturated heterocycles. The Hall–Kier alpha value is -2.25. The predicted molar refractivity (Wildman–Crippen MR) is 118 cm³/mol. The third-order valence-corrected chi connectivity index (χ3v) is 4.32. The Bertz CT molecular complexity index is 659. The van der Waals surface area contributed by atoms with Crippen LogP contribution in [0.25, 0.3) is 0 Å². The van der Waals surface area contributed by atoms with Crippen LogP contribution < -0.4 is 0 Å². The van der Waals surface area contributed by atoms with Crippen LogP contribution >= 0.6 is 0 Å². The lowest BCUT2D eigenvalue weighted by Gasteiger charge is -2.13. The maximum absolute atomic E-state index is 11.8. The molecule has 1 heterocycles. The van der Waals surface area contributed by atoms with Crippen LogP contribution in [0.4, 0.5) is 0 Å². The Kier molecular flexibility index (Phi) is 13.4. The average Bonchev–Trinajstić information content (AvgIpc) is 2.68. The molecule has 0 bridgehead atoms. The minimum absolute atomic E-state index is 0.199. The molecule has 0 fully saturated rings. The van der Waals surface area contributed by atoms with Crippen molar-refractivity contribution in [3.63, 3.8) is 0 Å². The second-order valence-electron chi connectivity index (χ2n) is 7.26. The van der Waals surface area contributed by atoms with Gasteiger partial charge in [0.2, 0.25) is 0 Å². The molecule has 0 amide bonds. The lowest BCUT2D eigenvalue weighted by atomic mass is 10.1. The van der Waals surface area contributed by atoms with Crippen molar-refractivity contribution in [2.24, 2.45) is 0 Å². The molecular weight excluding hydrogens is 384 g/mol. The van der Waals surface area contributed by atoms with Gasteiger partial charge in [0.1, 0.15) is 0 Å². The molecule has 1 aliphatic heterocycles. The van der Waals surface area contributed by atoms with Crippen LogP contribution in [0.5, 0.6) is 0 Å². The number of aliphatic hydroxyl groups is 4. The molecule has 0 aromatic carbocycles. The van der Waals surface area contributed by atoms with Gasteiger partial charge in [-0.25, -0.2) is 4.79 Å². The summed E-state index contributed by atoms with van der Waals surface area (Å²) in [6, 6.07) is 0. The van der Waals surface area contributed by atoms with Crippen molar-refractivity contribution < 1.29 is 30.0 Å². The van der Waals surface area contributed by atoms with Gasteiger partial charge in [0.05, 0.1) is 30.5 Å². The van der Waals surface area contributed by atoms with Crippen molar-refractivity contribution in [1.82, 2.24) is 0 Å². The quantitative estimate of drug-likeness (QED) is 0.451. The first-order valence-corrected chi connectivity index (χ1v) is 10.3. The van der Waals surface area contributed by atoms with E-state index in [1.165, 1.54) is 6.08 Å². The first-order chi connectivity index (χ1) is 14.4. The van der Waals surface area contributed by atoms with Gasteiger partial charge in [-0.05, 0) is 32.6 Å². The Morgan fingerprint density at radius 1 is 0.767 bits per heavy atom. The van der Waals surface area contributed by atoms with Gasteiger partial charge < -0.3 is 25.2 Å². The molecule has 0 unspecified atom stereocenters. The molecule has 6 nitrogen and oxygen atoms in total. The lowest BCUT2D eigenvalue weighted by Crippen LogP contribution is -2.15. The normalized spacial score (nSPS) is 37.1. The van der Waals surface area contributed by atoms with Crippen molar-refractivity contribution in [3.05, 3.63) is 72.9 Å². The zero-order chi connectivity index (χ0) is 22.2. The Morgan fingerprint density at radius 2 is 1.37 bits per heavy atom. The van der Waals surface area contributed by atoms with Gasteiger partial charge in [-0.3, -0.25) is 0 Å². The molecule has 166 valence electrons. The van der Waals surface area contributed by atoms with Crippen LogP contribution in [0.1, 0.15) is 39.0 Å². The lowest BCUT2D eigenvalue weighted by molar-refractivity contribution is -0.142. The molecule has 30 heavy (non-hydrogen) atoms. The van der Waals surface area contributed by atoms with Crippen LogP contribution in [0.3, 0.4) is 0 Å². The number of hydrogen-bond donors (Lipinski definition) is 4. The van der Waals surface area contributed by atoms with E-state index in [2.05, 4.69) is 0 Å². The predicted octanol–water partition coefficient (Wildman–Crippen LogP) is 2.66. The standard InChI is InChI=1S/C24H34O6/c1-19-16-17-21(26)12-8-9-14-23(28)18-22(27)13-6-2-4-10-20(25)11-5-3-7-15-24(29)30-19/h2-10,12,14-15,19-23,25-28H,11,13,16-18H2,1H3/b5-3-,6-2-,10-4-,12-8-,14-9-,15-7-/t19-,20+,21-,22-,23-/m0/s1. The van der Waals surface area contributed by atoms with Crippen LogP contribution in [-0.2, 0) is 9.53 Å². The van der Waals surface area contributed by atoms with E-state index in [0.717, 1.165) is 0 Å². The molecular formula is C24H34O6. The Balaban J connectivity index is 2.73. The number of carbonyl (C=O) groups is 1. The highest BCUT2D eigenvalue weighted by Crippen LogP contribution is 2.08. The van der Waals surface area contributed by atoms with Gasteiger partial charge >= 0.3 is 5.97 Å². The first-order valence-electron chi connectivity index (χ1n) is 10.3. The zero-order valence-electron chi connectivity index (χ0n) is 17.5. The molecule has 6 heteroatoms. The second-order valence-corrected chi connectivity index (χ2v) is 7.26. The fraction of sp³-hybridized carbons (Fsp3) is 0.458. The van der Waals surface area contributed by atoms with Crippen LogP contribution in [-0.4, -0.2) is 56.9 Å². The molecule has 0 spiro atoms. The monoisotopic (exact) mass is 418 g/mol. The summed E-state index contributed by atoms with van der Waals surface area (Å²) in [7, 11) is 0. The van der Waals surface area contributed by atoms with Gasteiger partial charge in [0.25, 0.3) is 0 Å². The molecule has 0 aliphatic carbocycles. The number of rotatable bonds is 0. The topological polar surface area (TPSA) is 107 Å². The third kappa shape index (κ3) is 13.8. The van der Waals surface area contributed by atoms with Gasteiger partial charge in [-0.2, -0.15) is 0 Å². The van der Waals surface area contributed by atoms with E-state index in [4.69, 9.17) is 4.74 Å². The van der Waals surface area contributed by atoms with E-state index in [9.17, 15) is 25.2 Å². The number of hydrogen-bond acceptors (Lipinski definition) is 6. The Labute approximate surface area is 178 Å². The van der Waals surface area contributed by atoms with Gasteiger partial charge in [-0.15, -0.1) is 0 Å². The van der Waals surface area contributed by atoms with E-state index < -0.39 is 30.4 Å². The van der Waals surface area contributed by atoms with Gasteiger partial charge in [0, 0.05) is 12.5 Å². The average molecular weight is 419 g/mol. The summed E-state index contributed by atoms with van der Waals surface area (Å²) in [6.45, 7) is 1.76. The minimum Gasteiger partial charge on any atom is -0.460 e. The second kappa shape index (κ2) is 15.6. The SMILES string of the molecule is C[C@H]1CC[C@@H](O)/C=C\C=C/[C@H](O)C[C@@H](O)C/C=C\C=C/[C@@H](O)C/C=C\C=C/C(=O)O1. The van der Waals surface area contributed by atoms with Gasteiger partial charge in [0.15, 0.2) is 0 Å². The maximum atomic E-state index is 11.8. The van der Waals surface area contributed by atoms with Crippen LogP contribution in [0, 0.1) is 0 Å². The van der Waals surface area contributed by atoms with E-state index in [1.807, 2.05) is 0 Å². The van der Waals surface area contributed by atoms with Crippen LogP contribution in [0.15, 0.2) is 72.9 Å².